The molecule has 0 saturated carbocycles. The summed E-state index contributed by atoms with van der Waals surface area (Å²) >= 11 is 0. The molecule has 0 heterocycles. The maximum atomic E-state index is 11.7. The molecule has 5 nitrogen and oxygen atoms in total. The number of hydrogen-bond donors (Lipinski definition) is 2. The van der Waals surface area contributed by atoms with Gasteiger partial charge in [-0.2, -0.15) is 0 Å². The van der Waals surface area contributed by atoms with Gasteiger partial charge in [-0.3, -0.25) is 10.1 Å². The maximum absolute atomic E-state index is 11.7. The molecule has 0 radical (unpaired) electrons. The molecular weight excluding hydrogens is 280 g/mol. The van der Waals surface area contributed by atoms with Crippen LogP contribution in [0.4, 0.5) is 10.5 Å². The van der Waals surface area contributed by atoms with Crippen LogP contribution in [0, 0.1) is 0 Å². The molecule has 0 aliphatic heterocycles. The molecular formula is C17H16N2O3. The Bertz CT molecular complexity index is 664. The van der Waals surface area contributed by atoms with Gasteiger partial charge in [0.1, 0.15) is 5.75 Å². The number of imide groups is 1. The molecule has 2 N–H and O–H groups in total. The van der Waals surface area contributed by atoms with Crippen molar-refractivity contribution in [2.24, 2.45) is 0 Å². The van der Waals surface area contributed by atoms with Crippen LogP contribution in [0.2, 0.25) is 0 Å². The molecule has 2 rings (SSSR count). The van der Waals surface area contributed by atoms with Crippen LogP contribution >= 0.6 is 0 Å². The van der Waals surface area contributed by atoms with Gasteiger partial charge in [0.2, 0.25) is 0 Å². The molecule has 2 aromatic rings. The minimum Gasteiger partial charge on any atom is -0.497 e. The van der Waals surface area contributed by atoms with Gasteiger partial charge < -0.3 is 10.1 Å². The van der Waals surface area contributed by atoms with E-state index in [2.05, 4.69) is 10.6 Å². The van der Waals surface area contributed by atoms with Crippen LogP contribution in [-0.4, -0.2) is 19.0 Å². The van der Waals surface area contributed by atoms with Crippen LogP contribution in [0.15, 0.2) is 60.7 Å². The second-order valence-electron chi connectivity index (χ2n) is 4.42. The molecule has 0 aliphatic carbocycles. The topological polar surface area (TPSA) is 67.4 Å². The van der Waals surface area contributed by atoms with E-state index in [4.69, 9.17) is 4.74 Å². The highest BCUT2D eigenvalue weighted by molar-refractivity contribution is 6.06. The largest absolute Gasteiger partial charge is 0.497 e. The quantitative estimate of drug-likeness (QED) is 0.852. The Balaban J connectivity index is 1.85. The maximum Gasteiger partial charge on any atom is 0.326 e. The summed E-state index contributed by atoms with van der Waals surface area (Å²) in [4.78, 5) is 23.3. The normalized spacial score (nSPS) is 10.2. The summed E-state index contributed by atoms with van der Waals surface area (Å²) in [5, 5.41) is 4.78. The minimum absolute atomic E-state index is 0.491. The molecule has 3 amide bonds. The number of nitrogens with one attached hydrogen (secondary N) is 2. The molecule has 2 aromatic carbocycles. The van der Waals surface area contributed by atoms with Gasteiger partial charge >= 0.3 is 6.03 Å². The highest BCUT2D eigenvalue weighted by Crippen LogP contribution is 2.14. The highest BCUT2D eigenvalue weighted by Gasteiger charge is 2.05. The number of ether oxygens (including phenoxy) is 1. The number of amides is 3. The number of rotatable bonds is 4. The van der Waals surface area contributed by atoms with Gasteiger partial charge in [-0.1, -0.05) is 30.3 Å². The van der Waals surface area contributed by atoms with Gasteiger partial charge in [-0.05, 0) is 35.9 Å². The van der Waals surface area contributed by atoms with Crippen molar-refractivity contribution in [3.05, 3.63) is 66.2 Å². The van der Waals surface area contributed by atoms with Crippen LogP contribution in [0.1, 0.15) is 5.56 Å². The van der Waals surface area contributed by atoms with E-state index in [1.807, 2.05) is 30.3 Å². The standard InChI is InChI=1S/C17H16N2O3/c1-22-15-10-8-14(9-11-15)18-17(21)19-16(20)12-7-13-5-3-2-4-6-13/h2-12H,1H3,(H2,18,19,20,21)/b12-7+. The highest BCUT2D eigenvalue weighted by atomic mass is 16.5. The first-order chi connectivity index (χ1) is 10.7. The number of carbonyl (C=O) groups excluding carboxylic acids is 2. The first-order valence-electron chi connectivity index (χ1n) is 6.66. The van der Waals surface area contributed by atoms with E-state index in [9.17, 15) is 9.59 Å². The van der Waals surface area contributed by atoms with E-state index in [0.29, 0.717) is 11.4 Å². The SMILES string of the molecule is COc1ccc(NC(=O)NC(=O)/C=C/c2ccccc2)cc1. The van der Waals surface area contributed by atoms with Gasteiger partial charge in [-0.25, -0.2) is 4.79 Å². The van der Waals surface area contributed by atoms with Crippen molar-refractivity contribution in [3.63, 3.8) is 0 Å². The molecule has 0 unspecified atom stereocenters. The third-order valence-corrected chi connectivity index (χ3v) is 2.81. The number of carbonyl (C=O) groups is 2. The summed E-state index contributed by atoms with van der Waals surface area (Å²) < 4.78 is 5.02. The summed E-state index contributed by atoms with van der Waals surface area (Å²) in [5.41, 5.74) is 1.45. The van der Waals surface area contributed by atoms with Gasteiger partial charge in [-0.15, -0.1) is 0 Å². The van der Waals surface area contributed by atoms with Crippen molar-refractivity contribution < 1.29 is 14.3 Å². The Hall–Kier alpha value is -3.08. The average Bonchev–Trinajstić information content (AvgIpc) is 2.54. The van der Waals surface area contributed by atoms with Crippen LogP contribution in [-0.2, 0) is 4.79 Å². The molecule has 112 valence electrons. The summed E-state index contributed by atoms with van der Waals surface area (Å²) in [5.74, 6) is 0.197. The number of anilines is 1. The Morgan fingerprint density at radius 2 is 1.68 bits per heavy atom. The Morgan fingerprint density at radius 1 is 1.00 bits per heavy atom. The van der Waals surface area contributed by atoms with E-state index in [0.717, 1.165) is 5.56 Å². The third-order valence-electron chi connectivity index (χ3n) is 2.81. The van der Waals surface area contributed by atoms with Gasteiger partial charge in [0.05, 0.1) is 7.11 Å². The van der Waals surface area contributed by atoms with Gasteiger partial charge in [0.15, 0.2) is 0 Å². The lowest BCUT2D eigenvalue weighted by atomic mass is 10.2. The molecule has 0 spiro atoms. The lowest BCUT2D eigenvalue weighted by molar-refractivity contribution is -0.115. The van der Waals surface area contributed by atoms with Crippen molar-refractivity contribution in [1.82, 2.24) is 5.32 Å². The summed E-state index contributed by atoms with van der Waals surface area (Å²) in [6.07, 6.45) is 2.94. The molecule has 0 saturated heterocycles. The molecule has 0 atom stereocenters. The Morgan fingerprint density at radius 3 is 2.32 bits per heavy atom. The molecule has 22 heavy (non-hydrogen) atoms. The minimum atomic E-state index is -0.590. The zero-order valence-corrected chi connectivity index (χ0v) is 12.1. The van der Waals surface area contributed by atoms with Gasteiger partial charge in [0.25, 0.3) is 5.91 Å². The van der Waals surface area contributed by atoms with Crippen molar-refractivity contribution in [1.29, 1.82) is 0 Å². The van der Waals surface area contributed by atoms with Crippen LogP contribution in [0.5, 0.6) is 5.75 Å². The van der Waals surface area contributed by atoms with E-state index in [1.54, 1.807) is 37.5 Å². The lowest BCUT2D eigenvalue weighted by Crippen LogP contribution is -2.33. The fourth-order valence-corrected chi connectivity index (χ4v) is 1.73. The Kier molecular flexibility index (Phi) is 5.31. The van der Waals surface area contributed by atoms with Crippen LogP contribution < -0.4 is 15.4 Å². The molecule has 0 aromatic heterocycles. The second kappa shape index (κ2) is 7.64. The van der Waals surface area contributed by atoms with E-state index < -0.39 is 11.9 Å². The smallest absolute Gasteiger partial charge is 0.326 e. The third kappa shape index (κ3) is 4.79. The number of benzene rings is 2. The number of hydrogen-bond acceptors (Lipinski definition) is 3. The van der Waals surface area contributed by atoms with Crippen molar-refractivity contribution in [2.75, 3.05) is 12.4 Å². The van der Waals surface area contributed by atoms with E-state index in [1.165, 1.54) is 6.08 Å². The Labute approximate surface area is 128 Å². The summed E-state index contributed by atoms with van der Waals surface area (Å²) in [6, 6.07) is 15.6. The monoisotopic (exact) mass is 296 g/mol. The summed E-state index contributed by atoms with van der Waals surface area (Å²) in [6.45, 7) is 0. The molecule has 5 heteroatoms. The van der Waals surface area contributed by atoms with Crippen molar-refractivity contribution >= 4 is 23.7 Å². The zero-order valence-electron chi connectivity index (χ0n) is 12.1. The number of urea groups is 1. The van der Waals surface area contributed by atoms with Crippen molar-refractivity contribution in [2.45, 2.75) is 0 Å². The van der Waals surface area contributed by atoms with E-state index in [-0.39, 0.29) is 0 Å². The molecule has 0 aliphatic rings. The van der Waals surface area contributed by atoms with Crippen LogP contribution in [0.25, 0.3) is 6.08 Å². The second-order valence-corrected chi connectivity index (χ2v) is 4.42. The fourth-order valence-electron chi connectivity index (χ4n) is 1.73. The first-order valence-corrected chi connectivity index (χ1v) is 6.66. The van der Waals surface area contributed by atoms with E-state index >= 15 is 0 Å². The summed E-state index contributed by atoms with van der Waals surface area (Å²) in [7, 11) is 1.56. The predicted octanol–water partition coefficient (Wildman–Crippen LogP) is 3.06. The molecule has 0 fully saturated rings. The fraction of sp³-hybridized carbons (Fsp3) is 0.0588. The van der Waals surface area contributed by atoms with Crippen LogP contribution in [0.3, 0.4) is 0 Å². The number of methoxy groups -OCH3 is 1. The van der Waals surface area contributed by atoms with Crippen molar-refractivity contribution in [3.8, 4) is 5.75 Å². The van der Waals surface area contributed by atoms with Gasteiger partial charge in [0, 0.05) is 11.8 Å². The molecule has 0 bridgehead atoms. The average molecular weight is 296 g/mol. The predicted molar refractivity (Wildman–Crippen MR) is 85.6 cm³/mol. The zero-order chi connectivity index (χ0) is 15.8. The first kappa shape index (κ1) is 15.3. The lowest BCUT2D eigenvalue weighted by Gasteiger charge is -2.06.